The summed E-state index contributed by atoms with van der Waals surface area (Å²) in [5.41, 5.74) is 5.26. The van der Waals surface area contributed by atoms with Crippen molar-refractivity contribution >= 4 is 46.8 Å². The van der Waals surface area contributed by atoms with Crippen LogP contribution in [-0.4, -0.2) is 59.7 Å². The first kappa shape index (κ1) is 34.7. The van der Waals surface area contributed by atoms with Crippen LogP contribution in [0.4, 0.5) is 37.8 Å². The number of nitriles is 1. The number of hydrogen-bond acceptors (Lipinski definition) is 8. The number of alkyl halides is 6. The zero-order chi connectivity index (χ0) is 33.7. The molecule has 0 saturated carbocycles. The standard InChI is InChI=1S/C23H17ClN6S.2C2HF3O2/c1-12(2)31-14-8-13(10-25)19(17(24)9-14)23-29-20-15-5-7-26-11-18(15)28-22-16(21(20)30-23)4-3-6-27-22;2*3-2(4,5)1(6)7/h3-9,11-12H,1-2H3,(H,27,28)(H,29,30);2*(H,6,7). The molecule has 4 heterocycles. The van der Waals surface area contributed by atoms with Crippen LogP contribution in [0.5, 0.6) is 0 Å². The lowest BCUT2D eigenvalue weighted by Gasteiger charge is -2.10. The Morgan fingerprint density at radius 1 is 1.02 bits per heavy atom. The van der Waals surface area contributed by atoms with Crippen LogP contribution in [0.2, 0.25) is 5.02 Å². The van der Waals surface area contributed by atoms with Crippen molar-refractivity contribution in [3.63, 3.8) is 0 Å². The molecule has 5 rings (SSSR count). The van der Waals surface area contributed by atoms with E-state index >= 15 is 0 Å². The Balaban J connectivity index is 0.000000331. The van der Waals surface area contributed by atoms with Gasteiger partial charge in [0.05, 0.1) is 39.8 Å². The lowest BCUT2D eigenvalue weighted by molar-refractivity contribution is -0.193. The summed E-state index contributed by atoms with van der Waals surface area (Å²) in [5.74, 6) is -4.27. The van der Waals surface area contributed by atoms with Gasteiger partial charge in [0.25, 0.3) is 0 Å². The number of carbonyl (C=O) groups is 2. The summed E-state index contributed by atoms with van der Waals surface area (Å²) < 4.78 is 63.5. The Bertz CT molecular complexity index is 1680. The number of carboxylic acid groups (broad SMARTS) is 2. The maximum atomic E-state index is 10.6. The number of H-pyrrole nitrogens is 1. The summed E-state index contributed by atoms with van der Waals surface area (Å²) in [5, 5.41) is 28.3. The van der Waals surface area contributed by atoms with Crippen molar-refractivity contribution in [3.05, 3.63) is 59.5 Å². The van der Waals surface area contributed by atoms with Crippen LogP contribution >= 0.6 is 23.4 Å². The molecule has 0 fully saturated rings. The van der Waals surface area contributed by atoms with Gasteiger partial charge in [0.2, 0.25) is 0 Å². The van der Waals surface area contributed by atoms with Gasteiger partial charge in [-0.25, -0.2) is 19.6 Å². The van der Waals surface area contributed by atoms with E-state index in [-0.39, 0.29) is 0 Å². The Labute approximate surface area is 259 Å². The number of anilines is 2. The summed E-state index contributed by atoms with van der Waals surface area (Å²) in [6, 6.07) is 11.8. The smallest absolute Gasteiger partial charge is 0.475 e. The van der Waals surface area contributed by atoms with Crippen molar-refractivity contribution in [1.29, 1.82) is 5.26 Å². The van der Waals surface area contributed by atoms with Gasteiger partial charge in [-0.3, -0.25) is 4.98 Å². The zero-order valence-corrected chi connectivity index (χ0v) is 24.3. The average molecular weight is 673 g/mol. The number of fused-ring (bicyclic) bond motifs is 5. The van der Waals surface area contributed by atoms with E-state index in [1.807, 2.05) is 30.3 Å². The predicted octanol–water partition coefficient (Wildman–Crippen LogP) is 7.55. The van der Waals surface area contributed by atoms with Gasteiger partial charge in [0.15, 0.2) is 0 Å². The highest BCUT2D eigenvalue weighted by molar-refractivity contribution is 7.99. The number of aromatic nitrogens is 4. The number of aliphatic carboxylic acids is 2. The zero-order valence-electron chi connectivity index (χ0n) is 22.7. The molecule has 0 spiro atoms. The predicted molar refractivity (Wildman–Crippen MR) is 152 cm³/mol. The molecule has 0 unspecified atom stereocenters. The summed E-state index contributed by atoms with van der Waals surface area (Å²) in [7, 11) is 0. The van der Waals surface area contributed by atoms with Crippen molar-refractivity contribution < 1.29 is 46.1 Å². The quantitative estimate of drug-likeness (QED) is 0.111. The number of nitrogens with zero attached hydrogens (tertiary/aromatic N) is 4. The minimum Gasteiger partial charge on any atom is -0.475 e. The van der Waals surface area contributed by atoms with E-state index < -0.39 is 24.3 Å². The van der Waals surface area contributed by atoms with E-state index in [2.05, 4.69) is 40.2 Å². The number of halogens is 7. The number of pyridine rings is 2. The lowest BCUT2D eigenvalue weighted by Crippen LogP contribution is -2.21. The highest BCUT2D eigenvalue weighted by Crippen LogP contribution is 2.44. The molecule has 0 aliphatic carbocycles. The minimum absolute atomic E-state index is 0.384. The van der Waals surface area contributed by atoms with Crippen molar-refractivity contribution in [3.8, 4) is 40.0 Å². The molecule has 1 aliphatic rings. The fourth-order valence-corrected chi connectivity index (χ4v) is 4.96. The van der Waals surface area contributed by atoms with Gasteiger partial charge in [-0.2, -0.15) is 31.6 Å². The molecular formula is C27H19ClF6N6O4S. The summed E-state index contributed by atoms with van der Waals surface area (Å²) in [6.07, 6.45) is -4.94. The molecule has 1 aliphatic heterocycles. The third kappa shape index (κ3) is 8.64. The summed E-state index contributed by atoms with van der Waals surface area (Å²) in [4.78, 5) is 35.8. The van der Waals surface area contributed by atoms with Crippen LogP contribution in [0, 0.1) is 11.3 Å². The third-order valence-electron chi connectivity index (χ3n) is 5.39. The second-order valence-electron chi connectivity index (χ2n) is 8.97. The molecule has 0 radical (unpaired) electrons. The van der Waals surface area contributed by atoms with Crippen LogP contribution in [-0.2, 0) is 9.59 Å². The van der Waals surface area contributed by atoms with Crippen LogP contribution in [0.1, 0.15) is 19.4 Å². The van der Waals surface area contributed by atoms with Gasteiger partial charge in [0, 0.05) is 33.7 Å². The van der Waals surface area contributed by atoms with Crippen molar-refractivity contribution in [2.24, 2.45) is 0 Å². The number of nitrogens with one attached hydrogen (secondary N) is 2. The van der Waals surface area contributed by atoms with Gasteiger partial charge >= 0.3 is 24.3 Å². The molecule has 4 N–H and O–H groups in total. The van der Waals surface area contributed by atoms with Crippen LogP contribution in [0.25, 0.3) is 33.9 Å². The molecule has 0 amide bonds. The number of thioether (sulfide) groups is 1. The molecule has 3 aromatic heterocycles. The number of carboxylic acids is 2. The molecule has 0 atom stereocenters. The van der Waals surface area contributed by atoms with Crippen molar-refractivity contribution in [1.82, 2.24) is 19.9 Å². The van der Waals surface area contributed by atoms with Crippen LogP contribution < -0.4 is 5.32 Å². The van der Waals surface area contributed by atoms with Crippen LogP contribution in [0.3, 0.4) is 0 Å². The highest BCUT2D eigenvalue weighted by atomic mass is 35.5. The van der Waals surface area contributed by atoms with Crippen molar-refractivity contribution in [2.75, 3.05) is 5.32 Å². The molecule has 236 valence electrons. The molecule has 1 aromatic carbocycles. The van der Waals surface area contributed by atoms with Gasteiger partial charge in [0.1, 0.15) is 17.3 Å². The SMILES string of the molecule is CC(C)Sc1cc(Cl)c(-c2nc3c([nH]2)-c2ccncc2Nc2ncccc2-3)c(C#N)c1.O=C(O)C(F)(F)F.O=C(O)C(F)(F)F. The molecule has 18 heteroatoms. The third-order valence-corrected chi connectivity index (χ3v) is 6.67. The fourth-order valence-electron chi connectivity index (χ4n) is 3.67. The topological polar surface area (TPSA) is 165 Å². The maximum Gasteiger partial charge on any atom is 0.490 e. The first-order chi connectivity index (χ1) is 20.9. The van der Waals surface area contributed by atoms with Gasteiger partial charge in [-0.1, -0.05) is 25.4 Å². The van der Waals surface area contributed by atoms with E-state index in [9.17, 15) is 31.6 Å². The van der Waals surface area contributed by atoms with Gasteiger partial charge in [-0.15, -0.1) is 11.8 Å². The Morgan fingerprint density at radius 2 is 1.64 bits per heavy atom. The van der Waals surface area contributed by atoms with Gasteiger partial charge in [-0.05, 0) is 30.3 Å². The maximum absolute atomic E-state index is 10.6. The van der Waals surface area contributed by atoms with E-state index in [1.165, 1.54) is 0 Å². The summed E-state index contributed by atoms with van der Waals surface area (Å²) >= 11 is 8.34. The average Bonchev–Trinajstić information content (AvgIpc) is 3.31. The number of imidazole rings is 1. The summed E-state index contributed by atoms with van der Waals surface area (Å²) in [6.45, 7) is 4.21. The number of rotatable bonds is 3. The fraction of sp³-hybridized carbons (Fsp3) is 0.185. The normalized spacial score (nSPS) is 11.6. The Morgan fingerprint density at radius 3 is 2.20 bits per heavy atom. The first-order valence-corrected chi connectivity index (χ1v) is 13.5. The Hall–Kier alpha value is -4.82. The van der Waals surface area contributed by atoms with E-state index in [0.717, 1.165) is 33.1 Å². The monoisotopic (exact) mass is 672 g/mol. The largest absolute Gasteiger partial charge is 0.490 e. The minimum atomic E-state index is -5.08. The highest BCUT2D eigenvalue weighted by Gasteiger charge is 2.39. The van der Waals surface area contributed by atoms with Crippen molar-refractivity contribution in [2.45, 2.75) is 36.3 Å². The lowest BCUT2D eigenvalue weighted by atomic mass is 10.1. The second-order valence-corrected chi connectivity index (χ2v) is 11.0. The number of benzene rings is 1. The molecule has 0 saturated heterocycles. The first-order valence-electron chi connectivity index (χ1n) is 12.2. The number of hydrogen-bond donors (Lipinski definition) is 4. The molecular weight excluding hydrogens is 654 g/mol. The van der Waals surface area contributed by atoms with Gasteiger partial charge < -0.3 is 20.5 Å². The van der Waals surface area contributed by atoms with E-state index in [1.54, 1.807) is 30.4 Å². The molecule has 10 nitrogen and oxygen atoms in total. The number of aromatic amines is 1. The second kappa shape index (κ2) is 13.9. The van der Waals surface area contributed by atoms with E-state index in [0.29, 0.717) is 33.0 Å². The Kier molecular flexibility index (Phi) is 10.7. The molecule has 45 heavy (non-hydrogen) atoms. The molecule has 0 bridgehead atoms. The molecule has 4 aromatic rings. The van der Waals surface area contributed by atoms with Crippen LogP contribution in [0.15, 0.2) is 53.8 Å². The van der Waals surface area contributed by atoms with E-state index in [4.69, 9.17) is 36.4 Å².